The fourth-order valence-electron chi connectivity index (χ4n) is 1.56. The summed E-state index contributed by atoms with van der Waals surface area (Å²) >= 11 is 5.80. The van der Waals surface area contributed by atoms with Gasteiger partial charge >= 0.3 is 5.97 Å². The summed E-state index contributed by atoms with van der Waals surface area (Å²) in [7, 11) is 0. The van der Waals surface area contributed by atoms with Crippen LogP contribution in [-0.2, 0) is 6.42 Å². The summed E-state index contributed by atoms with van der Waals surface area (Å²) in [5, 5.41) is 9.21. The number of nitrogens with zero attached hydrogens (tertiary/aromatic N) is 1. The lowest BCUT2D eigenvalue weighted by atomic mass is 10.1. The molecule has 17 heavy (non-hydrogen) atoms. The number of halogens is 1. The van der Waals surface area contributed by atoms with Crippen LogP contribution in [0, 0.1) is 0 Å². The lowest BCUT2D eigenvalue weighted by Gasteiger charge is -2.04. The molecule has 0 aliphatic carbocycles. The molecule has 0 saturated carbocycles. The molecule has 86 valence electrons. The molecule has 0 saturated heterocycles. The van der Waals surface area contributed by atoms with Gasteiger partial charge < -0.3 is 5.11 Å². The minimum atomic E-state index is -1.02. The zero-order valence-corrected chi connectivity index (χ0v) is 9.69. The summed E-state index contributed by atoms with van der Waals surface area (Å²) < 4.78 is 0. The molecule has 0 unspecified atom stereocenters. The van der Waals surface area contributed by atoms with Crippen LogP contribution in [0.15, 0.2) is 42.6 Å². The second-order valence-corrected chi connectivity index (χ2v) is 4.02. The summed E-state index contributed by atoms with van der Waals surface area (Å²) in [6.07, 6.45) is 2.31. The van der Waals surface area contributed by atoms with Gasteiger partial charge in [0.05, 0.1) is 10.6 Å². The maximum atomic E-state index is 10.9. The van der Waals surface area contributed by atoms with Gasteiger partial charge in [-0.05, 0) is 29.8 Å². The van der Waals surface area contributed by atoms with Crippen LogP contribution in [0.2, 0.25) is 5.02 Å². The topological polar surface area (TPSA) is 50.2 Å². The summed E-state index contributed by atoms with van der Waals surface area (Å²) in [4.78, 5) is 15.1. The monoisotopic (exact) mass is 247 g/mol. The van der Waals surface area contributed by atoms with Crippen LogP contribution in [0.4, 0.5) is 0 Å². The van der Waals surface area contributed by atoms with E-state index in [4.69, 9.17) is 16.7 Å². The molecule has 4 heteroatoms. The van der Waals surface area contributed by atoms with E-state index < -0.39 is 5.97 Å². The van der Waals surface area contributed by atoms with Crippen LogP contribution >= 0.6 is 11.6 Å². The molecule has 0 amide bonds. The molecule has 1 aromatic heterocycles. The summed E-state index contributed by atoms with van der Waals surface area (Å²) in [6.45, 7) is 0. The van der Waals surface area contributed by atoms with Crippen molar-refractivity contribution in [3.05, 3.63) is 64.4 Å². The fourth-order valence-corrected chi connectivity index (χ4v) is 1.76. The van der Waals surface area contributed by atoms with E-state index in [1.54, 1.807) is 18.3 Å². The van der Waals surface area contributed by atoms with Crippen molar-refractivity contribution in [2.24, 2.45) is 0 Å². The first kappa shape index (κ1) is 11.6. The van der Waals surface area contributed by atoms with Gasteiger partial charge in [-0.15, -0.1) is 0 Å². The molecule has 1 heterocycles. The third-order valence-electron chi connectivity index (χ3n) is 2.37. The first-order valence-corrected chi connectivity index (χ1v) is 5.46. The minimum absolute atomic E-state index is 0.125. The Morgan fingerprint density at radius 1 is 1.29 bits per heavy atom. The van der Waals surface area contributed by atoms with Crippen LogP contribution in [0.5, 0.6) is 0 Å². The van der Waals surface area contributed by atoms with Crippen LogP contribution in [0.25, 0.3) is 0 Å². The molecule has 3 nitrogen and oxygen atoms in total. The van der Waals surface area contributed by atoms with E-state index in [1.807, 2.05) is 24.3 Å². The van der Waals surface area contributed by atoms with E-state index in [1.165, 1.54) is 0 Å². The number of pyridine rings is 1. The van der Waals surface area contributed by atoms with Crippen LogP contribution in [-0.4, -0.2) is 16.1 Å². The molecule has 2 rings (SSSR count). The molecule has 1 aromatic carbocycles. The Kier molecular flexibility index (Phi) is 3.40. The predicted octanol–water partition coefficient (Wildman–Crippen LogP) is 3.02. The maximum Gasteiger partial charge on any atom is 0.337 e. The van der Waals surface area contributed by atoms with Gasteiger partial charge in [-0.25, -0.2) is 4.79 Å². The predicted molar refractivity (Wildman–Crippen MR) is 65.5 cm³/mol. The highest BCUT2D eigenvalue weighted by Gasteiger charge is 2.09. The van der Waals surface area contributed by atoms with Gasteiger partial charge in [0, 0.05) is 18.3 Å². The average molecular weight is 248 g/mol. The third kappa shape index (κ3) is 2.82. The summed E-state index contributed by atoms with van der Waals surface area (Å²) in [5.74, 6) is -1.02. The Bertz CT molecular complexity index is 540. The highest BCUT2D eigenvalue weighted by molar-refractivity contribution is 6.33. The Morgan fingerprint density at radius 2 is 2.12 bits per heavy atom. The molecular weight excluding hydrogens is 238 g/mol. The van der Waals surface area contributed by atoms with Crippen molar-refractivity contribution in [1.29, 1.82) is 0 Å². The molecule has 0 spiro atoms. The SMILES string of the molecule is O=C(O)c1cc(Cc2ccccn2)ccc1Cl. The van der Waals surface area contributed by atoms with Gasteiger partial charge in [0.15, 0.2) is 0 Å². The van der Waals surface area contributed by atoms with Crippen LogP contribution < -0.4 is 0 Å². The lowest BCUT2D eigenvalue weighted by Crippen LogP contribution is -2.00. The van der Waals surface area contributed by atoms with Crippen molar-refractivity contribution in [3.63, 3.8) is 0 Å². The minimum Gasteiger partial charge on any atom is -0.478 e. The number of hydrogen-bond acceptors (Lipinski definition) is 2. The summed E-state index contributed by atoms with van der Waals surface area (Å²) in [5.41, 5.74) is 1.90. The molecule has 2 aromatic rings. The molecule has 0 aliphatic rings. The van der Waals surface area contributed by atoms with Gasteiger partial charge in [-0.1, -0.05) is 23.7 Å². The van der Waals surface area contributed by atoms with Crippen molar-refractivity contribution in [1.82, 2.24) is 4.98 Å². The number of carboxylic acids is 1. The van der Waals surface area contributed by atoms with E-state index in [-0.39, 0.29) is 10.6 Å². The standard InChI is InChI=1S/C13H10ClNO2/c14-12-5-4-9(8-11(12)13(16)17)7-10-3-1-2-6-15-10/h1-6,8H,7H2,(H,16,17). The Hall–Kier alpha value is -1.87. The van der Waals surface area contributed by atoms with E-state index in [0.717, 1.165) is 11.3 Å². The van der Waals surface area contributed by atoms with Gasteiger partial charge in [-0.3, -0.25) is 4.98 Å². The number of aromatic nitrogens is 1. The zero-order valence-electron chi connectivity index (χ0n) is 8.93. The number of aromatic carboxylic acids is 1. The second kappa shape index (κ2) is 4.97. The van der Waals surface area contributed by atoms with Gasteiger partial charge in [0.1, 0.15) is 0 Å². The van der Waals surface area contributed by atoms with E-state index in [9.17, 15) is 4.79 Å². The molecule has 0 bridgehead atoms. The number of hydrogen-bond donors (Lipinski definition) is 1. The number of benzene rings is 1. The number of rotatable bonds is 3. The van der Waals surface area contributed by atoms with Crippen molar-refractivity contribution in [2.75, 3.05) is 0 Å². The molecule has 0 radical (unpaired) electrons. The molecule has 0 aliphatic heterocycles. The highest BCUT2D eigenvalue weighted by Crippen LogP contribution is 2.19. The third-order valence-corrected chi connectivity index (χ3v) is 2.70. The second-order valence-electron chi connectivity index (χ2n) is 3.62. The quantitative estimate of drug-likeness (QED) is 0.907. The average Bonchev–Trinajstić information content (AvgIpc) is 2.32. The van der Waals surface area contributed by atoms with Crippen molar-refractivity contribution >= 4 is 17.6 Å². The normalized spacial score (nSPS) is 10.2. The van der Waals surface area contributed by atoms with E-state index >= 15 is 0 Å². The van der Waals surface area contributed by atoms with Crippen molar-refractivity contribution in [2.45, 2.75) is 6.42 Å². The molecule has 1 N–H and O–H groups in total. The molecule has 0 atom stereocenters. The number of carboxylic acid groups (broad SMARTS) is 1. The summed E-state index contributed by atoms with van der Waals surface area (Å²) in [6, 6.07) is 10.6. The smallest absolute Gasteiger partial charge is 0.337 e. The Morgan fingerprint density at radius 3 is 2.76 bits per heavy atom. The van der Waals surface area contributed by atoms with E-state index in [2.05, 4.69) is 4.98 Å². The number of carbonyl (C=O) groups is 1. The van der Waals surface area contributed by atoms with Gasteiger partial charge in [0.25, 0.3) is 0 Å². The largest absolute Gasteiger partial charge is 0.478 e. The van der Waals surface area contributed by atoms with Gasteiger partial charge in [-0.2, -0.15) is 0 Å². The van der Waals surface area contributed by atoms with Gasteiger partial charge in [0.2, 0.25) is 0 Å². The van der Waals surface area contributed by atoms with Crippen molar-refractivity contribution < 1.29 is 9.90 Å². The van der Waals surface area contributed by atoms with Crippen LogP contribution in [0.1, 0.15) is 21.6 Å². The first-order valence-electron chi connectivity index (χ1n) is 5.08. The van der Waals surface area contributed by atoms with E-state index in [0.29, 0.717) is 6.42 Å². The van der Waals surface area contributed by atoms with Crippen LogP contribution in [0.3, 0.4) is 0 Å². The first-order chi connectivity index (χ1) is 8.16. The fraction of sp³-hybridized carbons (Fsp3) is 0.0769. The molecule has 0 fully saturated rings. The lowest BCUT2D eigenvalue weighted by molar-refractivity contribution is 0.0697. The van der Waals surface area contributed by atoms with Crippen molar-refractivity contribution in [3.8, 4) is 0 Å². The Balaban J connectivity index is 2.29. The molecular formula is C13H10ClNO2. The highest BCUT2D eigenvalue weighted by atomic mass is 35.5. The maximum absolute atomic E-state index is 10.9. The zero-order chi connectivity index (χ0) is 12.3. The Labute approximate surface area is 104 Å².